The highest BCUT2D eigenvalue weighted by molar-refractivity contribution is 5.87. The van der Waals surface area contributed by atoms with Crippen molar-refractivity contribution in [2.45, 2.75) is 20.8 Å². The van der Waals surface area contributed by atoms with Crippen LogP contribution in [0.5, 0.6) is 0 Å². The minimum atomic E-state index is -0.377. The average molecular weight is 129 g/mol. The molecule has 0 radical (unpaired) electrons. The number of aliphatic imine (C=N–C) groups is 1. The standard InChI is InChI=1S/C7H12FN/c1-4-9-7(8)5-6(2)3/h5H,4H2,1-3H3. The van der Waals surface area contributed by atoms with E-state index in [4.69, 9.17) is 0 Å². The quantitative estimate of drug-likeness (QED) is 0.507. The Morgan fingerprint density at radius 1 is 1.56 bits per heavy atom. The van der Waals surface area contributed by atoms with Gasteiger partial charge < -0.3 is 0 Å². The molecule has 0 rings (SSSR count). The van der Waals surface area contributed by atoms with Gasteiger partial charge in [0.2, 0.25) is 5.97 Å². The van der Waals surface area contributed by atoms with E-state index in [1.165, 1.54) is 6.08 Å². The van der Waals surface area contributed by atoms with Crippen molar-refractivity contribution in [1.29, 1.82) is 0 Å². The summed E-state index contributed by atoms with van der Waals surface area (Å²) in [5.41, 5.74) is 0.935. The molecule has 1 nitrogen and oxygen atoms in total. The van der Waals surface area contributed by atoms with Gasteiger partial charge in [-0.15, -0.1) is 0 Å². The van der Waals surface area contributed by atoms with Crippen LogP contribution in [0.2, 0.25) is 0 Å². The summed E-state index contributed by atoms with van der Waals surface area (Å²) in [6, 6.07) is 0. The van der Waals surface area contributed by atoms with Crippen molar-refractivity contribution in [2.75, 3.05) is 6.54 Å². The summed E-state index contributed by atoms with van der Waals surface area (Å²) in [6.07, 6.45) is 1.42. The Morgan fingerprint density at radius 2 is 2.11 bits per heavy atom. The lowest BCUT2D eigenvalue weighted by Gasteiger charge is -1.86. The molecule has 0 saturated heterocycles. The number of hydrogen-bond donors (Lipinski definition) is 0. The fourth-order valence-corrected chi connectivity index (χ4v) is 0.435. The fourth-order valence-electron chi connectivity index (χ4n) is 0.435. The van der Waals surface area contributed by atoms with Gasteiger partial charge in [-0.3, -0.25) is 4.99 Å². The van der Waals surface area contributed by atoms with E-state index >= 15 is 0 Å². The van der Waals surface area contributed by atoms with Crippen LogP contribution in [0.4, 0.5) is 4.39 Å². The second-order valence-electron chi connectivity index (χ2n) is 2.02. The first-order chi connectivity index (χ1) is 4.16. The van der Waals surface area contributed by atoms with Crippen LogP contribution in [0.3, 0.4) is 0 Å². The summed E-state index contributed by atoms with van der Waals surface area (Å²) in [7, 11) is 0. The molecule has 0 aliphatic heterocycles. The minimum Gasteiger partial charge on any atom is -0.258 e. The molecule has 0 aromatic rings. The van der Waals surface area contributed by atoms with Gasteiger partial charge in [0.15, 0.2) is 0 Å². The third-order valence-electron chi connectivity index (χ3n) is 0.717. The lowest BCUT2D eigenvalue weighted by molar-refractivity contribution is 0.799. The van der Waals surface area contributed by atoms with Crippen molar-refractivity contribution in [3.8, 4) is 0 Å². The highest BCUT2D eigenvalue weighted by Crippen LogP contribution is 1.91. The molecule has 0 aromatic heterocycles. The lowest BCUT2D eigenvalue weighted by atomic mass is 10.3. The number of halogens is 1. The van der Waals surface area contributed by atoms with Crippen LogP contribution in [0, 0.1) is 0 Å². The van der Waals surface area contributed by atoms with Crippen LogP contribution in [0.15, 0.2) is 16.6 Å². The molecule has 0 aromatic carbocycles. The molecule has 2 heteroatoms. The van der Waals surface area contributed by atoms with Gasteiger partial charge in [0.25, 0.3) is 0 Å². The first kappa shape index (κ1) is 8.34. The van der Waals surface area contributed by atoms with Gasteiger partial charge in [-0.25, -0.2) is 0 Å². The maximum atomic E-state index is 12.3. The summed E-state index contributed by atoms with van der Waals surface area (Å²) in [5, 5.41) is 0. The summed E-state index contributed by atoms with van der Waals surface area (Å²) in [6.45, 7) is 5.99. The Bertz CT molecular complexity index is 132. The Morgan fingerprint density at radius 3 is 2.44 bits per heavy atom. The molecule has 0 saturated carbocycles. The van der Waals surface area contributed by atoms with Crippen LogP contribution < -0.4 is 0 Å². The van der Waals surface area contributed by atoms with Crippen molar-refractivity contribution < 1.29 is 4.39 Å². The lowest BCUT2D eigenvalue weighted by Crippen LogP contribution is -1.84. The normalized spacial score (nSPS) is 11.3. The second-order valence-corrected chi connectivity index (χ2v) is 2.02. The number of rotatable bonds is 2. The summed E-state index contributed by atoms with van der Waals surface area (Å²) >= 11 is 0. The molecule has 0 unspecified atom stereocenters. The highest BCUT2D eigenvalue weighted by Gasteiger charge is 1.86. The first-order valence-corrected chi connectivity index (χ1v) is 3.01. The van der Waals surface area contributed by atoms with Crippen molar-refractivity contribution in [2.24, 2.45) is 4.99 Å². The second kappa shape index (κ2) is 4.24. The maximum Gasteiger partial charge on any atom is 0.208 e. The minimum absolute atomic E-state index is 0.377. The van der Waals surface area contributed by atoms with Gasteiger partial charge in [0, 0.05) is 6.54 Å². The third-order valence-corrected chi connectivity index (χ3v) is 0.717. The Labute approximate surface area is 55.3 Å². The van der Waals surface area contributed by atoms with Gasteiger partial charge in [0.1, 0.15) is 0 Å². The van der Waals surface area contributed by atoms with Gasteiger partial charge in [-0.05, 0) is 26.8 Å². The highest BCUT2D eigenvalue weighted by atomic mass is 19.1. The predicted molar refractivity (Wildman–Crippen MR) is 38.5 cm³/mol. The van der Waals surface area contributed by atoms with E-state index in [9.17, 15) is 4.39 Å². The van der Waals surface area contributed by atoms with E-state index in [2.05, 4.69) is 4.99 Å². The molecule has 0 bridgehead atoms. The van der Waals surface area contributed by atoms with Crippen LogP contribution in [-0.4, -0.2) is 12.5 Å². The van der Waals surface area contributed by atoms with E-state index in [0.717, 1.165) is 5.57 Å². The molecule has 52 valence electrons. The van der Waals surface area contributed by atoms with Crippen molar-refractivity contribution in [1.82, 2.24) is 0 Å². The van der Waals surface area contributed by atoms with Crippen LogP contribution in [0.1, 0.15) is 20.8 Å². The monoisotopic (exact) mass is 129 g/mol. The van der Waals surface area contributed by atoms with Gasteiger partial charge in [-0.1, -0.05) is 5.57 Å². The number of hydrogen-bond acceptors (Lipinski definition) is 1. The van der Waals surface area contributed by atoms with E-state index < -0.39 is 0 Å². The zero-order chi connectivity index (χ0) is 7.28. The third kappa shape index (κ3) is 5.21. The molecule has 0 amide bonds. The Balaban J connectivity index is 3.90. The van der Waals surface area contributed by atoms with E-state index in [-0.39, 0.29) is 5.97 Å². The van der Waals surface area contributed by atoms with Crippen LogP contribution >= 0.6 is 0 Å². The molecule has 0 fully saturated rings. The molecule has 0 aliphatic rings. The zero-order valence-corrected chi connectivity index (χ0v) is 6.11. The predicted octanol–water partition coefficient (Wildman–Crippen LogP) is 2.34. The Kier molecular flexibility index (Phi) is 3.93. The zero-order valence-electron chi connectivity index (χ0n) is 6.11. The smallest absolute Gasteiger partial charge is 0.208 e. The van der Waals surface area contributed by atoms with Gasteiger partial charge in [-0.2, -0.15) is 4.39 Å². The molecule has 0 N–H and O–H groups in total. The molecular formula is C7H12FN. The number of nitrogens with zero attached hydrogens (tertiary/aromatic N) is 1. The Hall–Kier alpha value is -0.660. The molecule has 0 atom stereocenters. The molecule has 0 spiro atoms. The van der Waals surface area contributed by atoms with Crippen molar-refractivity contribution in [3.05, 3.63) is 11.6 Å². The molecule has 0 heterocycles. The van der Waals surface area contributed by atoms with Gasteiger partial charge >= 0.3 is 0 Å². The molecular weight excluding hydrogens is 117 g/mol. The maximum absolute atomic E-state index is 12.3. The van der Waals surface area contributed by atoms with Crippen LogP contribution in [-0.2, 0) is 0 Å². The average Bonchev–Trinajstić information content (AvgIpc) is 1.63. The van der Waals surface area contributed by atoms with Crippen molar-refractivity contribution in [3.63, 3.8) is 0 Å². The van der Waals surface area contributed by atoms with E-state index in [1.807, 2.05) is 13.8 Å². The molecule has 0 aliphatic carbocycles. The van der Waals surface area contributed by atoms with Crippen LogP contribution in [0.25, 0.3) is 0 Å². The topological polar surface area (TPSA) is 12.4 Å². The molecule has 9 heavy (non-hydrogen) atoms. The van der Waals surface area contributed by atoms with Crippen molar-refractivity contribution >= 4 is 5.97 Å². The fraction of sp³-hybridized carbons (Fsp3) is 0.571. The summed E-state index contributed by atoms with van der Waals surface area (Å²) < 4.78 is 12.3. The van der Waals surface area contributed by atoms with Gasteiger partial charge in [0.05, 0.1) is 0 Å². The largest absolute Gasteiger partial charge is 0.258 e. The first-order valence-electron chi connectivity index (χ1n) is 3.01. The van der Waals surface area contributed by atoms with E-state index in [1.54, 1.807) is 6.92 Å². The van der Waals surface area contributed by atoms with E-state index in [0.29, 0.717) is 6.54 Å². The summed E-state index contributed by atoms with van der Waals surface area (Å²) in [5.74, 6) is -0.377. The SMILES string of the molecule is CCN=C(F)C=C(C)C. The summed E-state index contributed by atoms with van der Waals surface area (Å²) in [4.78, 5) is 3.54. The number of allylic oxidation sites excluding steroid dienone is 2.